The van der Waals surface area contributed by atoms with Crippen molar-refractivity contribution in [2.45, 2.75) is 32.2 Å². The van der Waals surface area contributed by atoms with E-state index in [1.807, 2.05) is 0 Å². The molecule has 2 unspecified atom stereocenters. The third kappa shape index (κ3) is 3.12. The summed E-state index contributed by atoms with van der Waals surface area (Å²) >= 11 is 3.68. The Morgan fingerprint density at radius 3 is 2.41 bits per heavy atom. The van der Waals surface area contributed by atoms with Gasteiger partial charge < -0.3 is 15.2 Å². The summed E-state index contributed by atoms with van der Waals surface area (Å²) in [6, 6.07) is 2.58. The summed E-state index contributed by atoms with van der Waals surface area (Å²) in [7, 11) is 5.58. The average Bonchev–Trinajstić information content (AvgIpc) is 2.87. The zero-order chi connectivity index (χ0) is 16.4. The number of benzene rings is 1. The van der Waals surface area contributed by atoms with Gasteiger partial charge in [-0.1, -0.05) is 13.8 Å². The van der Waals surface area contributed by atoms with Crippen LogP contribution in [0.1, 0.15) is 43.4 Å². The van der Waals surface area contributed by atoms with Gasteiger partial charge in [0.1, 0.15) is 16.0 Å². The van der Waals surface area contributed by atoms with E-state index < -0.39 is 0 Å². The van der Waals surface area contributed by atoms with Crippen molar-refractivity contribution in [2.75, 3.05) is 34.4 Å². The smallest absolute Gasteiger partial charge is 0.141 e. The standard InChI is InChI=1S/C17H27BrN2O2/c1-10(2)12-7-13(14-6-11(8-19)9-20(14)3)17(22-5)15(18)16(12)21-4/h7,10-11,14H,6,8-9,19H2,1-5H3. The maximum Gasteiger partial charge on any atom is 0.141 e. The average molecular weight is 371 g/mol. The minimum atomic E-state index is 0.336. The predicted octanol–water partition coefficient (Wildman–Crippen LogP) is 3.54. The molecule has 22 heavy (non-hydrogen) atoms. The molecule has 0 aliphatic carbocycles. The molecule has 0 radical (unpaired) electrons. The van der Waals surface area contributed by atoms with Gasteiger partial charge in [0, 0.05) is 18.2 Å². The summed E-state index contributed by atoms with van der Waals surface area (Å²) in [4.78, 5) is 2.37. The molecule has 124 valence electrons. The molecule has 1 aromatic rings. The van der Waals surface area contributed by atoms with Crippen molar-refractivity contribution in [2.24, 2.45) is 11.7 Å². The molecule has 1 aliphatic rings. The van der Waals surface area contributed by atoms with Crippen LogP contribution in [0.3, 0.4) is 0 Å². The molecule has 0 saturated carbocycles. The van der Waals surface area contributed by atoms with Gasteiger partial charge in [-0.05, 0) is 59.4 Å². The largest absolute Gasteiger partial charge is 0.495 e. The third-order valence-electron chi connectivity index (χ3n) is 4.59. The minimum Gasteiger partial charge on any atom is -0.495 e. The van der Waals surface area contributed by atoms with Gasteiger partial charge in [-0.25, -0.2) is 0 Å². The number of likely N-dealkylation sites (tertiary alicyclic amines) is 1. The van der Waals surface area contributed by atoms with Crippen LogP contribution < -0.4 is 15.2 Å². The van der Waals surface area contributed by atoms with E-state index in [-0.39, 0.29) is 0 Å². The van der Waals surface area contributed by atoms with Gasteiger partial charge >= 0.3 is 0 Å². The fourth-order valence-corrected chi connectivity index (χ4v) is 4.17. The molecule has 2 rings (SSSR count). The van der Waals surface area contributed by atoms with Crippen molar-refractivity contribution in [1.82, 2.24) is 4.90 Å². The SMILES string of the molecule is COc1c(C(C)C)cc(C2CC(CN)CN2C)c(OC)c1Br. The van der Waals surface area contributed by atoms with Gasteiger partial charge in [0.05, 0.1) is 14.2 Å². The van der Waals surface area contributed by atoms with Gasteiger partial charge in [-0.2, -0.15) is 0 Å². The maximum atomic E-state index is 5.87. The quantitative estimate of drug-likeness (QED) is 0.860. The van der Waals surface area contributed by atoms with Crippen LogP contribution in [0.2, 0.25) is 0 Å². The first-order chi connectivity index (χ1) is 10.4. The van der Waals surface area contributed by atoms with Gasteiger partial charge in [0.2, 0.25) is 0 Å². The third-order valence-corrected chi connectivity index (χ3v) is 5.31. The monoisotopic (exact) mass is 370 g/mol. The minimum absolute atomic E-state index is 0.336. The zero-order valence-corrected chi connectivity index (χ0v) is 15.7. The lowest BCUT2D eigenvalue weighted by molar-refractivity contribution is 0.300. The summed E-state index contributed by atoms with van der Waals surface area (Å²) in [5.74, 6) is 2.67. The fourth-order valence-electron chi connectivity index (χ4n) is 3.39. The number of hydrogen-bond acceptors (Lipinski definition) is 4. The Morgan fingerprint density at radius 1 is 1.32 bits per heavy atom. The highest BCUT2D eigenvalue weighted by Crippen LogP contribution is 2.48. The summed E-state index contributed by atoms with van der Waals surface area (Å²) in [6.07, 6.45) is 1.07. The Morgan fingerprint density at radius 2 is 1.95 bits per heavy atom. The molecule has 1 fully saturated rings. The van der Waals surface area contributed by atoms with E-state index in [9.17, 15) is 0 Å². The Hall–Kier alpha value is -0.780. The molecule has 1 aliphatic heterocycles. The van der Waals surface area contributed by atoms with Crippen LogP contribution in [0, 0.1) is 5.92 Å². The first-order valence-corrected chi connectivity index (χ1v) is 8.58. The molecule has 5 heteroatoms. The van der Waals surface area contributed by atoms with Crippen LogP contribution >= 0.6 is 15.9 Å². The summed E-state index contributed by atoms with van der Waals surface area (Å²) < 4.78 is 12.2. The second-order valence-corrected chi connectivity index (χ2v) is 7.18. The van der Waals surface area contributed by atoms with E-state index in [2.05, 4.69) is 47.8 Å². The molecular formula is C17H27BrN2O2. The first-order valence-electron chi connectivity index (χ1n) is 7.79. The molecule has 0 bridgehead atoms. The van der Waals surface area contributed by atoms with Gasteiger partial charge in [-0.3, -0.25) is 4.90 Å². The van der Waals surface area contributed by atoms with Crippen molar-refractivity contribution in [3.63, 3.8) is 0 Å². The van der Waals surface area contributed by atoms with Crippen molar-refractivity contribution in [1.29, 1.82) is 0 Å². The second kappa shape index (κ2) is 7.20. The second-order valence-electron chi connectivity index (χ2n) is 6.38. The molecule has 1 heterocycles. The highest BCUT2D eigenvalue weighted by atomic mass is 79.9. The maximum absolute atomic E-state index is 5.87. The Kier molecular flexibility index (Phi) is 5.75. The van der Waals surface area contributed by atoms with Crippen LogP contribution in [0.5, 0.6) is 11.5 Å². The van der Waals surface area contributed by atoms with Crippen molar-refractivity contribution in [3.05, 3.63) is 21.7 Å². The van der Waals surface area contributed by atoms with E-state index in [4.69, 9.17) is 15.2 Å². The van der Waals surface area contributed by atoms with Crippen molar-refractivity contribution in [3.8, 4) is 11.5 Å². The van der Waals surface area contributed by atoms with E-state index in [1.54, 1.807) is 14.2 Å². The molecule has 2 atom stereocenters. The Bertz CT molecular complexity index is 534. The van der Waals surface area contributed by atoms with Crippen molar-refractivity contribution < 1.29 is 9.47 Å². The van der Waals surface area contributed by atoms with Crippen LogP contribution in [-0.4, -0.2) is 39.3 Å². The number of methoxy groups -OCH3 is 2. The topological polar surface area (TPSA) is 47.7 Å². The number of rotatable bonds is 5. The van der Waals surface area contributed by atoms with Crippen LogP contribution in [-0.2, 0) is 0 Å². The van der Waals surface area contributed by atoms with Gasteiger partial charge in [0.25, 0.3) is 0 Å². The predicted molar refractivity (Wildman–Crippen MR) is 93.9 cm³/mol. The number of halogens is 1. The molecule has 0 amide bonds. The van der Waals surface area contributed by atoms with Crippen LogP contribution in [0.4, 0.5) is 0 Å². The normalized spacial score (nSPS) is 22.4. The summed E-state index contributed by atoms with van der Waals surface area (Å²) in [5, 5.41) is 0. The lowest BCUT2D eigenvalue weighted by Gasteiger charge is -2.26. The molecule has 1 saturated heterocycles. The summed E-state index contributed by atoms with van der Waals surface area (Å²) in [6.45, 7) is 6.13. The number of hydrogen-bond donors (Lipinski definition) is 1. The highest BCUT2D eigenvalue weighted by Gasteiger charge is 2.33. The lowest BCUT2D eigenvalue weighted by atomic mass is 9.93. The zero-order valence-electron chi connectivity index (χ0n) is 14.1. The molecule has 0 aromatic heterocycles. The van der Waals surface area contributed by atoms with Gasteiger partial charge in [-0.15, -0.1) is 0 Å². The van der Waals surface area contributed by atoms with Crippen LogP contribution in [0.15, 0.2) is 10.5 Å². The van der Waals surface area contributed by atoms with E-state index >= 15 is 0 Å². The van der Waals surface area contributed by atoms with E-state index in [1.165, 1.54) is 11.1 Å². The lowest BCUT2D eigenvalue weighted by Crippen LogP contribution is -2.21. The van der Waals surface area contributed by atoms with Crippen LogP contribution in [0.25, 0.3) is 0 Å². The number of nitrogens with two attached hydrogens (primary N) is 1. The molecule has 4 nitrogen and oxygen atoms in total. The fraction of sp³-hybridized carbons (Fsp3) is 0.647. The van der Waals surface area contributed by atoms with Crippen molar-refractivity contribution >= 4 is 15.9 Å². The molecule has 2 N–H and O–H groups in total. The highest BCUT2D eigenvalue weighted by molar-refractivity contribution is 9.10. The Balaban J connectivity index is 2.55. The first kappa shape index (κ1) is 17.6. The molecular weight excluding hydrogens is 344 g/mol. The van der Waals surface area contributed by atoms with Gasteiger partial charge in [0.15, 0.2) is 0 Å². The number of nitrogens with zero attached hydrogens (tertiary/aromatic N) is 1. The van der Waals surface area contributed by atoms with E-state index in [0.29, 0.717) is 17.9 Å². The molecule has 0 spiro atoms. The Labute approximate surface area is 142 Å². The summed E-state index contributed by atoms with van der Waals surface area (Å²) in [5.41, 5.74) is 8.30. The number of ether oxygens (including phenoxy) is 2. The molecule has 1 aromatic carbocycles. The van der Waals surface area contributed by atoms with E-state index in [0.717, 1.165) is 35.5 Å².